The van der Waals surface area contributed by atoms with Gasteiger partial charge in [0.25, 0.3) is 0 Å². The molecule has 0 radical (unpaired) electrons. The fourth-order valence-corrected chi connectivity index (χ4v) is 3.55. The Morgan fingerprint density at radius 2 is 2.03 bits per heavy atom. The van der Waals surface area contributed by atoms with E-state index in [1.807, 2.05) is 24.7 Å². The van der Waals surface area contributed by atoms with Gasteiger partial charge in [-0.25, -0.2) is 15.8 Å². The summed E-state index contributed by atoms with van der Waals surface area (Å²) in [4.78, 5) is 9.08. The molecule has 0 bridgehead atoms. The summed E-state index contributed by atoms with van der Waals surface area (Å²) in [6.45, 7) is 2.53. The van der Waals surface area contributed by atoms with Crippen molar-refractivity contribution in [3.63, 3.8) is 0 Å². The highest BCUT2D eigenvalue weighted by molar-refractivity contribution is 5.54. The molecule has 3 N–H and O–H groups in total. The van der Waals surface area contributed by atoms with Crippen LogP contribution in [0.25, 0.3) is 11.4 Å². The number of rotatable bonds is 8. The maximum absolute atomic E-state index is 6.03. The topological polar surface area (TPSA) is 76.0 Å². The maximum Gasteiger partial charge on any atom is 0.122 e. The lowest BCUT2D eigenvalue weighted by molar-refractivity contribution is 0.296. The first-order valence-electron chi connectivity index (χ1n) is 10.3. The Balaban J connectivity index is 1.25. The second-order valence-corrected chi connectivity index (χ2v) is 7.79. The Morgan fingerprint density at radius 3 is 2.90 bits per heavy atom. The van der Waals surface area contributed by atoms with Crippen LogP contribution in [0.1, 0.15) is 30.0 Å². The number of aromatic nitrogens is 3. The molecule has 3 heterocycles. The fraction of sp³-hybridized carbons (Fsp3) is 0.364. The van der Waals surface area contributed by atoms with E-state index in [0.717, 1.165) is 49.2 Å². The van der Waals surface area contributed by atoms with Crippen LogP contribution in [-0.2, 0) is 13.0 Å². The zero-order valence-corrected chi connectivity index (χ0v) is 16.3. The quantitative estimate of drug-likeness (QED) is 0.549. The molecule has 1 aromatic carbocycles. The average Bonchev–Trinajstić information content (AvgIpc) is 3.23. The van der Waals surface area contributed by atoms with Crippen molar-refractivity contribution >= 4 is 0 Å². The molecule has 1 atom stereocenters. The van der Waals surface area contributed by atoms with Crippen molar-refractivity contribution in [2.75, 3.05) is 13.2 Å². The highest BCUT2D eigenvalue weighted by atomic mass is 16.5. The average molecular weight is 390 g/mol. The Morgan fingerprint density at radius 1 is 1.10 bits per heavy atom. The van der Waals surface area contributed by atoms with Gasteiger partial charge in [-0.15, -0.1) is 0 Å². The summed E-state index contributed by atoms with van der Waals surface area (Å²) in [6, 6.07) is 12.7. The van der Waals surface area contributed by atoms with Gasteiger partial charge in [0, 0.05) is 25.5 Å². The van der Waals surface area contributed by atoms with E-state index in [4.69, 9.17) is 4.74 Å². The molecule has 1 aliphatic heterocycles. The number of hydrogen-bond acceptors (Lipinski definition) is 6. The molecular weight excluding hydrogens is 364 g/mol. The van der Waals surface area contributed by atoms with Gasteiger partial charge in [-0.2, -0.15) is 5.53 Å². The van der Waals surface area contributed by atoms with Crippen LogP contribution in [0.15, 0.2) is 55.1 Å². The van der Waals surface area contributed by atoms with Crippen molar-refractivity contribution in [2.45, 2.75) is 31.8 Å². The lowest BCUT2D eigenvalue weighted by Gasteiger charge is -2.11. The van der Waals surface area contributed by atoms with Crippen LogP contribution < -0.4 is 21.1 Å². The molecule has 7 heteroatoms. The summed E-state index contributed by atoms with van der Waals surface area (Å²) >= 11 is 0. The van der Waals surface area contributed by atoms with Gasteiger partial charge in [-0.1, -0.05) is 18.2 Å². The lowest BCUT2D eigenvalue weighted by atomic mass is 10.1. The van der Waals surface area contributed by atoms with Crippen LogP contribution >= 0.6 is 0 Å². The van der Waals surface area contributed by atoms with Crippen molar-refractivity contribution < 1.29 is 4.74 Å². The molecule has 0 spiro atoms. The van der Waals surface area contributed by atoms with Gasteiger partial charge in [-0.05, 0) is 54.5 Å². The number of imidazole rings is 1. The predicted molar refractivity (Wildman–Crippen MR) is 111 cm³/mol. The van der Waals surface area contributed by atoms with Crippen LogP contribution in [-0.4, -0.2) is 27.7 Å². The summed E-state index contributed by atoms with van der Waals surface area (Å²) in [5.41, 5.74) is 13.4. The lowest BCUT2D eigenvalue weighted by Crippen LogP contribution is -2.30. The van der Waals surface area contributed by atoms with E-state index in [9.17, 15) is 0 Å². The number of para-hydroxylation sites is 1. The highest BCUT2D eigenvalue weighted by Gasteiger charge is 2.22. The van der Waals surface area contributed by atoms with Gasteiger partial charge in [-0.3, -0.25) is 4.98 Å². The second-order valence-electron chi connectivity index (χ2n) is 7.79. The molecule has 2 aliphatic rings. The number of nitrogens with zero attached hydrogens (tertiary/aromatic N) is 3. The summed E-state index contributed by atoms with van der Waals surface area (Å²) in [5.74, 6) is 1.77. The SMILES string of the molecule is c1ccc(OCC2CC2)c(CCn2cnc(-c3cc(C4CNNN4)ccn3)c2)c1. The first-order valence-corrected chi connectivity index (χ1v) is 10.3. The molecule has 2 fully saturated rings. The summed E-state index contributed by atoms with van der Waals surface area (Å²) in [7, 11) is 0. The monoisotopic (exact) mass is 390 g/mol. The van der Waals surface area contributed by atoms with Gasteiger partial charge in [0.05, 0.1) is 24.7 Å². The Bertz CT molecular complexity index is 961. The Labute approximate surface area is 170 Å². The molecule has 5 rings (SSSR count). The van der Waals surface area contributed by atoms with Crippen LogP contribution in [0.2, 0.25) is 0 Å². The van der Waals surface area contributed by atoms with Gasteiger partial charge >= 0.3 is 0 Å². The van der Waals surface area contributed by atoms with E-state index in [1.54, 1.807) is 0 Å². The van der Waals surface area contributed by atoms with E-state index in [-0.39, 0.29) is 6.04 Å². The third-order valence-electron chi connectivity index (χ3n) is 5.51. The van der Waals surface area contributed by atoms with E-state index < -0.39 is 0 Å². The first-order chi connectivity index (χ1) is 14.3. The predicted octanol–water partition coefficient (Wildman–Crippen LogP) is 2.63. The molecule has 150 valence electrons. The van der Waals surface area contributed by atoms with Crippen LogP contribution in [0, 0.1) is 5.92 Å². The maximum atomic E-state index is 6.03. The van der Waals surface area contributed by atoms with Crippen molar-refractivity contribution in [1.29, 1.82) is 0 Å². The smallest absolute Gasteiger partial charge is 0.122 e. The number of nitrogens with one attached hydrogen (secondary N) is 3. The zero-order valence-electron chi connectivity index (χ0n) is 16.3. The number of hydrogen-bond donors (Lipinski definition) is 3. The van der Waals surface area contributed by atoms with Gasteiger partial charge in [0.2, 0.25) is 0 Å². The van der Waals surface area contributed by atoms with E-state index in [2.05, 4.69) is 61.4 Å². The standard InChI is InChI=1S/C22H26N6O/c1-2-4-22(29-14-16-5-6-16)17(3-1)8-10-28-13-21(24-15-28)19-11-18(7-9-23-19)20-12-25-27-26-20/h1-4,7,9,11,13,15-16,20,25-27H,5-6,8,10,12,14H2. The molecule has 1 saturated heterocycles. The third kappa shape index (κ3) is 4.48. The Kier molecular flexibility index (Phi) is 5.25. The van der Waals surface area contributed by atoms with Crippen LogP contribution in [0.4, 0.5) is 0 Å². The van der Waals surface area contributed by atoms with E-state index in [1.165, 1.54) is 24.0 Å². The fourth-order valence-electron chi connectivity index (χ4n) is 3.55. The zero-order chi connectivity index (χ0) is 19.5. The van der Waals surface area contributed by atoms with Crippen molar-refractivity contribution in [1.82, 2.24) is 30.9 Å². The van der Waals surface area contributed by atoms with Crippen LogP contribution in [0.5, 0.6) is 5.75 Å². The molecule has 0 amide bonds. The van der Waals surface area contributed by atoms with Gasteiger partial charge in [0.15, 0.2) is 0 Å². The van der Waals surface area contributed by atoms with Crippen molar-refractivity contribution in [3.05, 3.63) is 66.2 Å². The third-order valence-corrected chi connectivity index (χ3v) is 5.51. The van der Waals surface area contributed by atoms with E-state index in [0.29, 0.717) is 0 Å². The molecule has 1 unspecified atom stereocenters. The highest BCUT2D eigenvalue weighted by Crippen LogP contribution is 2.30. The number of benzene rings is 1. The Hall–Kier alpha value is -2.74. The molecule has 1 aliphatic carbocycles. The van der Waals surface area contributed by atoms with E-state index >= 15 is 0 Å². The van der Waals surface area contributed by atoms with Crippen LogP contribution in [0.3, 0.4) is 0 Å². The normalized spacial score (nSPS) is 18.8. The molecular formula is C22H26N6O. The number of ether oxygens (including phenoxy) is 1. The second kappa shape index (κ2) is 8.32. The summed E-state index contributed by atoms with van der Waals surface area (Å²) < 4.78 is 8.16. The van der Waals surface area contributed by atoms with Gasteiger partial charge in [0.1, 0.15) is 11.4 Å². The summed E-state index contributed by atoms with van der Waals surface area (Å²) in [5, 5.41) is 0. The van der Waals surface area contributed by atoms with Crippen molar-refractivity contribution in [3.8, 4) is 17.1 Å². The number of hydrazine groups is 2. The molecule has 29 heavy (non-hydrogen) atoms. The van der Waals surface area contributed by atoms with Crippen molar-refractivity contribution in [2.24, 2.45) is 5.92 Å². The molecule has 2 aromatic heterocycles. The largest absolute Gasteiger partial charge is 0.493 e. The first kappa shape index (κ1) is 18.3. The molecule has 7 nitrogen and oxygen atoms in total. The minimum absolute atomic E-state index is 0.228. The molecule has 1 saturated carbocycles. The molecule has 3 aromatic rings. The minimum Gasteiger partial charge on any atom is -0.493 e. The number of pyridine rings is 1. The number of aryl methyl sites for hydroxylation is 2. The minimum atomic E-state index is 0.228. The van der Waals surface area contributed by atoms with Gasteiger partial charge < -0.3 is 9.30 Å². The summed E-state index contributed by atoms with van der Waals surface area (Å²) in [6.07, 6.45) is 9.31.